The lowest BCUT2D eigenvalue weighted by molar-refractivity contribution is -0.136. The van der Waals surface area contributed by atoms with Crippen molar-refractivity contribution in [2.45, 2.75) is 19.1 Å². The third-order valence-electron chi connectivity index (χ3n) is 6.06. The molecule has 4 aromatic heterocycles. The highest BCUT2D eigenvalue weighted by atomic mass is 19.4. The molecule has 0 saturated carbocycles. The van der Waals surface area contributed by atoms with Gasteiger partial charge in [0.25, 0.3) is 5.91 Å². The highest BCUT2D eigenvalue weighted by Crippen LogP contribution is 2.40. The highest BCUT2D eigenvalue weighted by Gasteiger charge is 2.38. The van der Waals surface area contributed by atoms with Crippen molar-refractivity contribution in [1.29, 1.82) is 5.26 Å². The van der Waals surface area contributed by atoms with Crippen LogP contribution in [0.2, 0.25) is 0 Å². The van der Waals surface area contributed by atoms with Crippen LogP contribution < -0.4 is 4.90 Å². The summed E-state index contributed by atoms with van der Waals surface area (Å²) >= 11 is 0. The van der Waals surface area contributed by atoms with Crippen molar-refractivity contribution in [3.63, 3.8) is 0 Å². The molecule has 1 aliphatic heterocycles. The zero-order valence-corrected chi connectivity index (χ0v) is 19.0. The minimum atomic E-state index is -4.68. The van der Waals surface area contributed by atoms with Gasteiger partial charge in [-0.15, -0.1) is 0 Å². The minimum Gasteiger partial charge on any atom is -0.352 e. The van der Waals surface area contributed by atoms with Gasteiger partial charge < -0.3 is 9.80 Å². The molecule has 0 radical (unpaired) electrons. The first-order valence-corrected chi connectivity index (χ1v) is 11.0. The van der Waals surface area contributed by atoms with Gasteiger partial charge in [0.1, 0.15) is 23.7 Å². The monoisotopic (exact) mass is 492 g/mol. The first-order valence-electron chi connectivity index (χ1n) is 11.0. The number of pyridine rings is 2. The predicted octanol–water partition coefficient (Wildman–Crippen LogP) is 3.45. The highest BCUT2D eigenvalue weighted by molar-refractivity contribution is 5.94. The summed E-state index contributed by atoms with van der Waals surface area (Å²) < 4.78 is 43.7. The number of alkyl halides is 3. The van der Waals surface area contributed by atoms with Gasteiger partial charge in [-0.25, -0.2) is 15.0 Å². The maximum Gasteiger partial charge on any atom is 0.418 e. The molecule has 5 rings (SSSR count). The number of hydrogen-bond donors (Lipinski definition) is 0. The fraction of sp³-hybridized carbons (Fsp3) is 0.250. The maximum atomic E-state index is 14.2. The summed E-state index contributed by atoms with van der Waals surface area (Å²) in [6.07, 6.45) is 0.345. The average Bonchev–Trinajstić information content (AvgIpc) is 3.29. The molecule has 1 atom stereocenters. The molecule has 0 bridgehead atoms. The minimum absolute atomic E-state index is 0.0227. The van der Waals surface area contributed by atoms with Gasteiger partial charge in [-0.2, -0.15) is 18.4 Å². The number of nitriles is 1. The third kappa shape index (κ3) is 4.08. The topological polar surface area (TPSA) is 104 Å². The summed E-state index contributed by atoms with van der Waals surface area (Å²) in [4.78, 5) is 32.9. The molecule has 0 aliphatic carbocycles. The Morgan fingerprint density at radius 1 is 1.11 bits per heavy atom. The Balaban J connectivity index is 1.54. The Kier molecular flexibility index (Phi) is 5.75. The Morgan fingerprint density at radius 3 is 2.64 bits per heavy atom. The van der Waals surface area contributed by atoms with Gasteiger partial charge in [-0.1, -0.05) is 6.07 Å². The van der Waals surface area contributed by atoms with Crippen LogP contribution in [0, 0.1) is 11.3 Å². The first kappa shape index (κ1) is 23.2. The van der Waals surface area contributed by atoms with Gasteiger partial charge in [0.15, 0.2) is 5.65 Å². The summed E-state index contributed by atoms with van der Waals surface area (Å²) in [5.41, 5.74) is -0.315. The van der Waals surface area contributed by atoms with Gasteiger partial charge in [-0.05, 0) is 31.2 Å². The number of fused-ring (bicyclic) bond motifs is 1. The van der Waals surface area contributed by atoms with Crippen LogP contribution >= 0.6 is 0 Å². The molecule has 0 aromatic carbocycles. The van der Waals surface area contributed by atoms with E-state index < -0.39 is 11.7 Å². The van der Waals surface area contributed by atoms with Crippen LogP contribution in [0.4, 0.5) is 19.0 Å². The van der Waals surface area contributed by atoms with Crippen LogP contribution in [-0.2, 0) is 6.18 Å². The van der Waals surface area contributed by atoms with Crippen LogP contribution in [0.5, 0.6) is 0 Å². The number of hydrogen-bond acceptors (Lipinski definition) is 7. The lowest BCUT2D eigenvalue weighted by atomic mass is 10.1. The number of halogens is 3. The van der Waals surface area contributed by atoms with E-state index in [9.17, 15) is 23.2 Å². The number of aromatic nitrogens is 5. The number of carbonyl (C=O) groups excluding carboxylic acids is 1. The van der Waals surface area contributed by atoms with E-state index in [1.54, 1.807) is 28.0 Å². The quantitative estimate of drug-likeness (QED) is 0.432. The second-order valence-corrected chi connectivity index (χ2v) is 8.33. The number of amides is 1. The van der Waals surface area contributed by atoms with Crippen LogP contribution in [0.1, 0.15) is 28.5 Å². The second kappa shape index (κ2) is 8.92. The zero-order chi connectivity index (χ0) is 25.4. The molecule has 1 aliphatic rings. The summed E-state index contributed by atoms with van der Waals surface area (Å²) in [5, 5.41) is 9.04. The van der Waals surface area contributed by atoms with Gasteiger partial charge in [-0.3, -0.25) is 14.3 Å². The van der Waals surface area contributed by atoms with Crippen LogP contribution in [0.3, 0.4) is 0 Å². The molecule has 0 spiro atoms. The Bertz CT molecular complexity index is 1480. The number of nitrogens with zero attached hydrogens (tertiary/aromatic N) is 8. The molecule has 182 valence electrons. The Morgan fingerprint density at radius 2 is 1.94 bits per heavy atom. The molecule has 9 nitrogen and oxygen atoms in total. The Labute approximate surface area is 203 Å². The summed E-state index contributed by atoms with van der Waals surface area (Å²) in [7, 11) is 0. The molecule has 0 N–H and O–H groups in total. The SMILES string of the molecule is C[C@@H]1CN(c2ncnc3c2c(C(F)(F)F)cn3-c2cc(C#N)ccn2)CCN1C(=O)c1ccccn1. The molecule has 1 amide bonds. The van der Waals surface area contributed by atoms with E-state index in [0.717, 1.165) is 6.20 Å². The molecule has 0 unspecified atom stereocenters. The zero-order valence-electron chi connectivity index (χ0n) is 19.0. The number of piperazine rings is 1. The van der Waals surface area contributed by atoms with Crippen molar-refractivity contribution in [3.8, 4) is 11.9 Å². The van der Waals surface area contributed by atoms with Crippen LogP contribution in [0.15, 0.2) is 55.2 Å². The van der Waals surface area contributed by atoms with Crippen molar-refractivity contribution in [3.05, 3.63) is 72.1 Å². The smallest absolute Gasteiger partial charge is 0.352 e. The van der Waals surface area contributed by atoms with E-state index in [-0.39, 0.29) is 59.8 Å². The average molecular weight is 492 g/mol. The van der Waals surface area contributed by atoms with E-state index in [1.807, 2.05) is 13.0 Å². The summed E-state index contributed by atoms with van der Waals surface area (Å²) in [5.74, 6) is 0.0267. The van der Waals surface area contributed by atoms with Gasteiger partial charge in [0.05, 0.1) is 22.6 Å². The summed E-state index contributed by atoms with van der Waals surface area (Å²) in [6.45, 7) is 2.67. The third-order valence-corrected chi connectivity index (χ3v) is 6.06. The number of carbonyl (C=O) groups is 1. The molecular weight excluding hydrogens is 473 g/mol. The van der Waals surface area contributed by atoms with Crippen LogP contribution in [-0.4, -0.2) is 61.0 Å². The lowest BCUT2D eigenvalue weighted by Crippen LogP contribution is -2.54. The van der Waals surface area contributed by atoms with Gasteiger partial charge in [0.2, 0.25) is 0 Å². The number of rotatable bonds is 3. The second-order valence-electron chi connectivity index (χ2n) is 8.33. The largest absolute Gasteiger partial charge is 0.418 e. The predicted molar refractivity (Wildman–Crippen MR) is 123 cm³/mol. The van der Waals surface area contributed by atoms with Crippen molar-refractivity contribution < 1.29 is 18.0 Å². The van der Waals surface area contributed by atoms with E-state index in [2.05, 4.69) is 19.9 Å². The van der Waals surface area contributed by atoms with Crippen molar-refractivity contribution in [2.24, 2.45) is 0 Å². The molecule has 36 heavy (non-hydrogen) atoms. The lowest BCUT2D eigenvalue weighted by Gasteiger charge is -2.40. The molecule has 1 saturated heterocycles. The van der Waals surface area contributed by atoms with E-state index in [1.165, 1.54) is 35.4 Å². The molecule has 1 fully saturated rings. The molecule has 12 heteroatoms. The Hall–Kier alpha value is -4.53. The van der Waals surface area contributed by atoms with E-state index >= 15 is 0 Å². The van der Waals surface area contributed by atoms with Crippen molar-refractivity contribution in [1.82, 2.24) is 29.4 Å². The first-order chi connectivity index (χ1) is 17.3. The number of anilines is 1. The molecular formula is C24H19F3N8O. The van der Waals surface area contributed by atoms with E-state index in [0.29, 0.717) is 5.69 Å². The fourth-order valence-corrected chi connectivity index (χ4v) is 4.38. The summed E-state index contributed by atoms with van der Waals surface area (Å²) in [6, 6.07) is 9.59. The molecule has 4 aromatic rings. The fourth-order valence-electron chi connectivity index (χ4n) is 4.38. The van der Waals surface area contributed by atoms with Crippen molar-refractivity contribution >= 4 is 22.8 Å². The van der Waals surface area contributed by atoms with Gasteiger partial charge in [0, 0.05) is 44.3 Å². The maximum absolute atomic E-state index is 14.2. The standard InChI is InChI=1S/C24H19F3N8O/c1-15-12-33(8-9-34(15)23(36)18-4-2-3-6-29-18)21-20-17(24(25,26)27)13-35(22(20)32-14-31-21)19-10-16(11-28)5-7-30-19/h2-7,10,13-15H,8-9,12H2,1H3/t15-/m1/s1. The normalized spacial score (nSPS) is 16.2. The molecule has 5 heterocycles. The van der Waals surface area contributed by atoms with Crippen molar-refractivity contribution in [2.75, 3.05) is 24.5 Å². The van der Waals surface area contributed by atoms with E-state index in [4.69, 9.17) is 0 Å². The van der Waals surface area contributed by atoms with Gasteiger partial charge >= 0.3 is 6.18 Å². The van der Waals surface area contributed by atoms with Crippen LogP contribution in [0.25, 0.3) is 16.9 Å².